The Labute approximate surface area is 706 Å². The zero-order valence-electron chi connectivity index (χ0n) is 68.0. The highest BCUT2D eigenvalue weighted by atomic mass is 15.0. The molecule has 4 heterocycles. The van der Waals surface area contributed by atoms with Crippen LogP contribution in [0.2, 0.25) is 0 Å². The Bertz CT molecular complexity index is 8570. The SMILES string of the molecule is CC1(C)c2cc(-c3ccc4cc(-n5c6ccccc6c6cc(-c7ccc8c(c7)c7ccccc7n8-c7ccccc7)ccc65)ccc4c3)ccc2-c2c1ccc1ccccc21.CC1(C)c2cc(-c3ccc4ccc(-n5c6ccccc6c6cc(-c7ccc8c(c7)c7ccccc7n8-c7ccccc7)ccc65)cc4c3)ccc2-c2c1ccc1ccccc21. The molecule has 0 unspecified atom stereocenters. The highest BCUT2D eigenvalue weighted by Gasteiger charge is 2.38. The van der Waals surface area contributed by atoms with Gasteiger partial charge in [-0.25, -0.2) is 0 Å². The molecule has 0 spiro atoms. The first-order chi connectivity index (χ1) is 60.0. The van der Waals surface area contributed by atoms with Gasteiger partial charge >= 0.3 is 0 Å². The standard InChI is InChI=1S/2C59H40N2/c1-59(2)52-29-24-38-12-6-7-15-46(38)58(52)49-28-23-42(36-53(49)59)39-21-20-37-22-27-45(33-43(37)32-39)61-55-19-11-9-17-48(55)51-35-41(26-31-57(51)61)40-25-30-56-50(34-40)47-16-8-10-18-54(47)60(56)44-13-4-3-5-14-44;1-59(2)52-29-24-37-12-6-7-15-46(37)58(52)49-28-23-43(36-53(49)59)38-20-21-40-33-45(27-22-39(40)32-38)61-55-19-11-9-17-48(55)51-35-42(26-31-57(51)61)41-25-30-56-50(34-41)47-16-8-10-18-54(47)60(56)44-13-4-3-5-14-44/h2*3-36H,1-2H3. The predicted molar refractivity (Wildman–Crippen MR) is 517 cm³/mol. The van der Waals surface area contributed by atoms with E-state index in [0.29, 0.717) is 0 Å². The first-order valence-electron chi connectivity index (χ1n) is 42.7. The van der Waals surface area contributed by atoms with Crippen molar-refractivity contribution in [1.29, 1.82) is 0 Å². The van der Waals surface area contributed by atoms with Crippen molar-refractivity contribution < 1.29 is 0 Å². The van der Waals surface area contributed by atoms with Crippen molar-refractivity contribution in [3.8, 4) is 89.5 Å². The van der Waals surface area contributed by atoms with Gasteiger partial charge in [-0.1, -0.05) is 295 Å². The summed E-state index contributed by atoms with van der Waals surface area (Å²) in [5.41, 5.74) is 35.2. The van der Waals surface area contributed by atoms with E-state index in [-0.39, 0.29) is 10.8 Å². The second-order valence-electron chi connectivity index (χ2n) is 34.7. The van der Waals surface area contributed by atoms with Crippen molar-refractivity contribution in [3.05, 3.63) is 435 Å². The maximum Gasteiger partial charge on any atom is 0.0541 e. The fourth-order valence-electron chi connectivity index (χ4n) is 21.4. The van der Waals surface area contributed by atoms with Crippen molar-refractivity contribution in [2.45, 2.75) is 38.5 Å². The largest absolute Gasteiger partial charge is 0.309 e. The third-order valence-corrected chi connectivity index (χ3v) is 27.3. The molecular weight excluding hydrogens is 1470 g/mol. The van der Waals surface area contributed by atoms with Gasteiger partial charge in [0.1, 0.15) is 0 Å². The van der Waals surface area contributed by atoms with Crippen LogP contribution < -0.4 is 0 Å². The van der Waals surface area contributed by atoms with Gasteiger partial charge in [0, 0.05) is 76.7 Å². The lowest BCUT2D eigenvalue weighted by atomic mass is 9.81. The number of para-hydroxylation sites is 6. The average molecular weight is 1550 g/mol. The van der Waals surface area contributed by atoms with Crippen molar-refractivity contribution in [2.24, 2.45) is 0 Å². The lowest BCUT2D eigenvalue weighted by molar-refractivity contribution is 0.661. The number of hydrogen-bond donors (Lipinski definition) is 0. The molecule has 0 amide bonds. The van der Waals surface area contributed by atoms with Crippen LogP contribution in [0.1, 0.15) is 49.9 Å². The minimum Gasteiger partial charge on any atom is -0.309 e. The smallest absolute Gasteiger partial charge is 0.0541 e. The fourth-order valence-corrected chi connectivity index (χ4v) is 21.4. The molecular formula is C118H80N4. The number of nitrogens with zero attached hydrogens (tertiary/aromatic N) is 4. The van der Waals surface area contributed by atoms with Gasteiger partial charge in [0.05, 0.1) is 44.1 Å². The van der Waals surface area contributed by atoms with Crippen LogP contribution in [0.3, 0.4) is 0 Å². The number of aromatic nitrogens is 4. The van der Waals surface area contributed by atoms with Crippen LogP contribution in [0, 0.1) is 0 Å². The summed E-state index contributed by atoms with van der Waals surface area (Å²) in [6, 6.07) is 153. The van der Waals surface area contributed by atoms with E-state index < -0.39 is 0 Å². The zero-order valence-corrected chi connectivity index (χ0v) is 68.0. The Hall–Kier alpha value is -15.4. The van der Waals surface area contributed by atoms with E-state index >= 15 is 0 Å². The lowest BCUT2D eigenvalue weighted by Gasteiger charge is -2.22. The normalized spacial score (nSPS) is 13.2. The number of fused-ring (bicyclic) bond motifs is 24. The fraction of sp³-hybridized carbons (Fsp3) is 0.0508. The molecule has 122 heavy (non-hydrogen) atoms. The van der Waals surface area contributed by atoms with Gasteiger partial charge < -0.3 is 18.3 Å². The van der Waals surface area contributed by atoms with Crippen LogP contribution in [0.5, 0.6) is 0 Å². The van der Waals surface area contributed by atoms with Crippen LogP contribution in [0.15, 0.2) is 413 Å². The minimum atomic E-state index is -0.0827. The second-order valence-corrected chi connectivity index (χ2v) is 34.7. The van der Waals surface area contributed by atoms with Crippen LogP contribution in [0.4, 0.5) is 0 Å². The van der Waals surface area contributed by atoms with Crippen LogP contribution in [0.25, 0.3) is 220 Å². The molecule has 572 valence electrons. The van der Waals surface area contributed by atoms with E-state index in [1.165, 1.54) is 236 Å². The number of rotatable bonds is 8. The molecule has 0 bridgehead atoms. The summed E-state index contributed by atoms with van der Waals surface area (Å²) in [5.74, 6) is 0. The summed E-state index contributed by atoms with van der Waals surface area (Å²) in [4.78, 5) is 0. The number of hydrogen-bond acceptors (Lipinski definition) is 0. The maximum atomic E-state index is 2.44. The van der Waals surface area contributed by atoms with Gasteiger partial charge in [-0.3, -0.25) is 0 Å². The first kappa shape index (κ1) is 69.7. The van der Waals surface area contributed by atoms with Crippen LogP contribution >= 0.6 is 0 Å². The van der Waals surface area contributed by atoms with Crippen molar-refractivity contribution >= 4 is 130 Å². The van der Waals surface area contributed by atoms with Crippen molar-refractivity contribution in [3.63, 3.8) is 0 Å². The molecule has 0 N–H and O–H groups in total. The quantitative estimate of drug-likeness (QED) is 0.144. The predicted octanol–water partition coefficient (Wildman–Crippen LogP) is 31.7. The van der Waals surface area contributed by atoms with Gasteiger partial charge in [0.2, 0.25) is 0 Å². The zero-order chi connectivity index (χ0) is 80.8. The van der Waals surface area contributed by atoms with Gasteiger partial charge in [0.15, 0.2) is 0 Å². The van der Waals surface area contributed by atoms with Crippen LogP contribution in [-0.4, -0.2) is 18.3 Å². The van der Waals surface area contributed by atoms with E-state index in [1.807, 2.05) is 0 Å². The molecule has 20 aromatic carbocycles. The highest BCUT2D eigenvalue weighted by Crippen LogP contribution is 2.55. The molecule has 0 fully saturated rings. The molecule has 4 heteroatoms. The molecule has 24 aromatic rings. The molecule has 26 rings (SSSR count). The molecule has 2 aliphatic carbocycles. The van der Waals surface area contributed by atoms with E-state index in [2.05, 4.69) is 458 Å². The molecule has 0 saturated heterocycles. The summed E-state index contributed by atoms with van der Waals surface area (Å²) in [7, 11) is 0. The van der Waals surface area contributed by atoms with Gasteiger partial charge in [-0.2, -0.15) is 0 Å². The van der Waals surface area contributed by atoms with Gasteiger partial charge in [-0.15, -0.1) is 0 Å². The van der Waals surface area contributed by atoms with Crippen molar-refractivity contribution in [2.75, 3.05) is 0 Å². The molecule has 0 atom stereocenters. The van der Waals surface area contributed by atoms with E-state index in [9.17, 15) is 0 Å². The third-order valence-electron chi connectivity index (χ3n) is 27.3. The summed E-state index contributed by atoms with van der Waals surface area (Å²) >= 11 is 0. The molecule has 2 aliphatic rings. The van der Waals surface area contributed by atoms with Gasteiger partial charge in [0.25, 0.3) is 0 Å². The lowest BCUT2D eigenvalue weighted by Crippen LogP contribution is -2.15. The second kappa shape index (κ2) is 26.6. The Morgan fingerprint density at radius 1 is 0.156 bits per heavy atom. The Kier molecular flexibility index (Phi) is 15.2. The van der Waals surface area contributed by atoms with E-state index in [0.717, 1.165) is 5.69 Å². The summed E-state index contributed by atoms with van der Waals surface area (Å²) in [6.07, 6.45) is 0. The average Bonchev–Trinajstić information content (AvgIpc) is 1.56. The highest BCUT2D eigenvalue weighted by molar-refractivity contribution is 6.16. The number of benzene rings is 20. The monoisotopic (exact) mass is 1550 g/mol. The van der Waals surface area contributed by atoms with E-state index in [1.54, 1.807) is 0 Å². The van der Waals surface area contributed by atoms with E-state index in [4.69, 9.17) is 0 Å². The topological polar surface area (TPSA) is 19.7 Å². The summed E-state index contributed by atoms with van der Waals surface area (Å²) in [5, 5.41) is 20.3. The van der Waals surface area contributed by atoms with Crippen LogP contribution in [-0.2, 0) is 10.8 Å². The Balaban J connectivity index is 0.000000134. The molecule has 4 aromatic heterocycles. The van der Waals surface area contributed by atoms with Gasteiger partial charge in [-0.05, 0) is 278 Å². The molecule has 0 saturated carbocycles. The summed E-state index contributed by atoms with van der Waals surface area (Å²) < 4.78 is 9.63. The molecule has 4 nitrogen and oxygen atoms in total. The molecule has 0 radical (unpaired) electrons. The minimum absolute atomic E-state index is 0.0721. The third kappa shape index (κ3) is 10.5. The maximum absolute atomic E-state index is 2.44. The Morgan fingerprint density at radius 2 is 0.426 bits per heavy atom. The van der Waals surface area contributed by atoms with Crippen molar-refractivity contribution in [1.82, 2.24) is 18.3 Å². The first-order valence-corrected chi connectivity index (χ1v) is 42.7. The summed E-state index contributed by atoms with van der Waals surface area (Å²) in [6.45, 7) is 9.50. The Morgan fingerprint density at radius 3 is 0.836 bits per heavy atom. The molecule has 0 aliphatic heterocycles.